The number of rotatable bonds is 9. The molecule has 2 unspecified atom stereocenters. The molecule has 154 valence electrons. The maximum atomic E-state index is 12.8. The molecule has 2 amide bonds. The minimum absolute atomic E-state index is 0.0741. The second kappa shape index (κ2) is 9.90. The molecule has 27 heavy (non-hydrogen) atoms. The van der Waals surface area contributed by atoms with E-state index >= 15 is 0 Å². The highest BCUT2D eigenvalue weighted by molar-refractivity contribution is 7.82. The van der Waals surface area contributed by atoms with Crippen molar-refractivity contribution in [2.45, 2.75) is 42.5 Å². The lowest BCUT2D eigenvalue weighted by Crippen LogP contribution is -2.61. The third-order valence-electron chi connectivity index (χ3n) is 4.69. The first-order valence-corrected chi connectivity index (χ1v) is 9.06. The van der Waals surface area contributed by atoms with Gasteiger partial charge in [0.2, 0.25) is 11.8 Å². The van der Waals surface area contributed by atoms with Crippen molar-refractivity contribution < 1.29 is 29.4 Å². The second-order valence-electron chi connectivity index (χ2n) is 6.98. The van der Waals surface area contributed by atoms with Crippen LogP contribution in [0.3, 0.4) is 0 Å². The molecule has 0 aromatic carbocycles. The Morgan fingerprint density at radius 1 is 1.26 bits per heavy atom. The van der Waals surface area contributed by atoms with Gasteiger partial charge in [-0.3, -0.25) is 19.2 Å². The Morgan fingerprint density at radius 3 is 2.30 bits per heavy atom. The number of nitrogens with zero attached hydrogens (tertiary/aromatic N) is 2. The van der Waals surface area contributed by atoms with E-state index in [4.69, 9.17) is 15.9 Å². The van der Waals surface area contributed by atoms with Gasteiger partial charge >= 0.3 is 11.9 Å². The zero-order valence-corrected chi connectivity index (χ0v) is 16.4. The summed E-state index contributed by atoms with van der Waals surface area (Å²) in [5.74, 6) is -3.45. The molecule has 5 N–H and O–H groups in total. The zero-order valence-electron chi connectivity index (χ0n) is 15.6. The largest absolute Gasteiger partial charge is 0.480 e. The van der Waals surface area contributed by atoms with Crippen LogP contribution in [0.25, 0.3) is 0 Å². The molecule has 0 aliphatic carbocycles. The van der Waals surface area contributed by atoms with Crippen LogP contribution in [0.15, 0.2) is 0 Å². The Bertz CT molecular complexity index is 579. The summed E-state index contributed by atoms with van der Waals surface area (Å²) >= 11 is 4.67. The molecular weight excluding hydrogens is 376 g/mol. The van der Waals surface area contributed by atoms with Crippen LogP contribution >= 0.6 is 12.6 Å². The van der Waals surface area contributed by atoms with Crippen molar-refractivity contribution in [2.24, 2.45) is 5.73 Å². The van der Waals surface area contributed by atoms with Crippen LogP contribution < -0.4 is 11.1 Å². The number of hydrogen-bond acceptors (Lipinski definition) is 7. The van der Waals surface area contributed by atoms with E-state index < -0.39 is 47.1 Å². The lowest BCUT2D eigenvalue weighted by molar-refractivity contribution is -0.145. The number of piperidine rings is 1. The zero-order chi connectivity index (χ0) is 20.8. The third-order valence-corrected chi connectivity index (χ3v) is 5.40. The summed E-state index contributed by atoms with van der Waals surface area (Å²) in [5.41, 5.74) is 5.40. The van der Waals surface area contributed by atoms with Crippen LogP contribution in [0.5, 0.6) is 0 Å². The van der Waals surface area contributed by atoms with Gasteiger partial charge in [-0.25, -0.2) is 0 Å². The predicted molar refractivity (Wildman–Crippen MR) is 100 cm³/mol. The van der Waals surface area contributed by atoms with E-state index in [1.54, 1.807) is 0 Å². The molecule has 1 rings (SSSR count). The average molecular weight is 404 g/mol. The number of carboxylic acids is 2. The number of thiol groups is 1. The molecule has 2 atom stereocenters. The first-order valence-electron chi connectivity index (χ1n) is 8.61. The molecule has 0 spiro atoms. The van der Waals surface area contributed by atoms with E-state index in [2.05, 4.69) is 22.8 Å². The standard InChI is InChI=1S/C16H28N4O6S/c1-19-7-5-16(27,6-8-19)13(14(24)20(2)9-12(22)23)18-11(21)4-3-10(17)15(25)26/h10,13,27H,3-9,17H2,1-2H3,(H,18,21)(H,22,23)(H,25,26). The minimum atomic E-state index is -1.21. The summed E-state index contributed by atoms with van der Waals surface area (Å²) in [6.45, 7) is 0.851. The molecule has 1 heterocycles. The van der Waals surface area contributed by atoms with Gasteiger partial charge in [-0.2, -0.15) is 12.6 Å². The monoisotopic (exact) mass is 404 g/mol. The number of nitrogens with two attached hydrogens (primary N) is 1. The van der Waals surface area contributed by atoms with E-state index in [0.717, 1.165) is 4.90 Å². The van der Waals surface area contributed by atoms with Crippen molar-refractivity contribution >= 4 is 36.4 Å². The molecule has 1 saturated heterocycles. The number of hydrogen-bond donors (Lipinski definition) is 5. The Labute approximate surface area is 163 Å². The van der Waals surface area contributed by atoms with Crippen LogP contribution in [0, 0.1) is 0 Å². The first kappa shape index (κ1) is 23.2. The summed E-state index contributed by atoms with van der Waals surface area (Å²) in [6, 6.07) is -2.19. The van der Waals surface area contributed by atoms with E-state index in [1.165, 1.54) is 7.05 Å². The van der Waals surface area contributed by atoms with Crippen molar-refractivity contribution in [2.75, 3.05) is 33.7 Å². The Hall–Kier alpha value is -1.85. The number of carbonyl (C=O) groups is 4. The first-order chi connectivity index (χ1) is 12.5. The summed E-state index contributed by atoms with van der Waals surface area (Å²) in [7, 11) is 3.29. The molecule has 1 aliphatic rings. The predicted octanol–water partition coefficient (Wildman–Crippen LogP) is -1.40. The molecule has 0 radical (unpaired) electrons. The summed E-state index contributed by atoms with van der Waals surface area (Å²) in [5, 5.41) is 20.4. The maximum absolute atomic E-state index is 12.8. The van der Waals surface area contributed by atoms with Gasteiger partial charge in [-0.15, -0.1) is 0 Å². The smallest absolute Gasteiger partial charge is 0.323 e. The Balaban J connectivity index is 2.90. The van der Waals surface area contributed by atoms with Crippen molar-refractivity contribution in [1.82, 2.24) is 15.1 Å². The number of amides is 2. The fourth-order valence-electron chi connectivity index (χ4n) is 2.86. The molecule has 0 bridgehead atoms. The molecule has 0 aromatic heterocycles. The highest BCUT2D eigenvalue weighted by Crippen LogP contribution is 2.33. The van der Waals surface area contributed by atoms with Crippen LogP contribution in [0.1, 0.15) is 25.7 Å². The summed E-state index contributed by atoms with van der Waals surface area (Å²) in [4.78, 5) is 49.9. The quantitative estimate of drug-likeness (QED) is 0.294. The molecule has 0 aromatic rings. The van der Waals surface area contributed by atoms with E-state index in [9.17, 15) is 19.2 Å². The number of nitrogens with one attached hydrogen (secondary N) is 1. The van der Waals surface area contributed by atoms with Crippen molar-refractivity contribution in [1.29, 1.82) is 0 Å². The van der Waals surface area contributed by atoms with Crippen molar-refractivity contribution in [3.8, 4) is 0 Å². The van der Waals surface area contributed by atoms with Gasteiger partial charge in [-0.05, 0) is 39.4 Å². The number of carbonyl (C=O) groups excluding carboxylic acids is 2. The van der Waals surface area contributed by atoms with Gasteiger partial charge in [0, 0.05) is 18.2 Å². The van der Waals surface area contributed by atoms with E-state index in [0.29, 0.717) is 25.9 Å². The molecule has 1 aliphatic heterocycles. The maximum Gasteiger partial charge on any atom is 0.323 e. The third kappa shape index (κ3) is 7.00. The van der Waals surface area contributed by atoms with Crippen molar-refractivity contribution in [3.63, 3.8) is 0 Å². The van der Waals surface area contributed by atoms with E-state index in [1.807, 2.05) is 7.05 Å². The highest BCUT2D eigenvalue weighted by Gasteiger charge is 2.44. The molecule has 1 fully saturated rings. The normalized spacial score (nSPS) is 19.0. The van der Waals surface area contributed by atoms with Gasteiger partial charge in [0.15, 0.2) is 0 Å². The van der Waals surface area contributed by atoms with Crippen molar-refractivity contribution in [3.05, 3.63) is 0 Å². The molecule has 10 nitrogen and oxygen atoms in total. The van der Waals surface area contributed by atoms with E-state index in [-0.39, 0.29) is 12.8 Å². The lowest BCUT2D eigenvalue weighted by atomic mass is 9.87. The Kier molecular flexibility index (Phi) is 8.51. The van der Waals surface area contributed by atoms with Crippen LogP contribution in [0.2, 0.25) is 0 Å². The van der Waals surface area contributed by atoms with Gasteiger partial charge in [0.25, 0.3) is 0 Å². The SMILES string of the molecule is CN1CCC(S)(C(NC(=O)CCC(N)C(=O)O)C(=O)N(C)CC(=O)O)CC1. The molecule has 11 heteroatoms. The number of likely N-dealkylation sites (tertiary alicyclic amines) is 1. The molecular formula is C16H28N4O6S. The number of carboxylic acid groups (broad SMARTS) is 2. The lowest BCUT2D eigenvalue weighted by Gasteiger charge is -2.42. The highest BCUT2D eigenvalue weighted by atomic mass is 32.1. The van der Waals surface area contributed by atoms with Crippen LogP contribution in [-0.2, 0) is 19.2 Å². The van der Waals surface area contributed by atoms with Crippen LogP contribution in [-0.4, -0.2) is 94.3 Å². The number of likely N-dealkylation sites (N-methyl/N-ethyl adjacent to an activating group) is 1. The fourth-order valence-corrected chi connectivity index (χ4v) is 3.24. The molecule has 0 saturated carbocycles. The second-order valence-corrected chi connectivity index (χ2v) is 7.87. The minimum Gasteiger partial charge on any atom is -0.480 e. The van der Waals surface area contributed by atoms with Gasteiger partial charge in [0.05, 0.1) is 0 Å². The topological polar surface area (TPSA) is 153 Å². The van der Waals surface area contributed by atoms with Gasteiger partial charge in [0.1, 0.15) is 18.6 Å². The van der Waals surface area contributed by atoms with Gasteiger partial charge in [-0.1, -0.05) is 0 Å². The van der Waals surface area contributed by atoms with Gasteiger partial charge < -0.3 is 31.1 Å². The Morgan fingerprint density at radius 2 is 1.81 bits per heavy atom. The van der Waals surface area contributed by atoms with Crippen LogP contribution in [0.4, 0.5) is 0 Å². The summed E-state index contributed by atoms with van der Waals surface area (Å²) < 4.78 is -0.832. The summed E-state index contributed by atoms with van der Waals surface area (Å²) in [6.07, 6.45) is 0.816. The number of aliphatic carboxylic acids is 2. The fraction of sp³-hybridized carbons (Fsp3) is 0.750. The average Bonchev–Trinajstić information content (AvgIpc) is 2.58.